The molecule has 0 bridgehead atoms. The third-order valence-corrected chi connectivity index (χ3v) is 5.15. The van der Waals surface area contributed by atoms with Crippen molar-refractivity contribution in [1.29, 1.82) is 0 Å². The molecule has 0 aromatic heterocycles. The summed E-state index contributed by atoms with van der Waals surface area (Å²) in [5.74, 6) is 1.63. The normalized spacial score (nSPS) is 20.6. The molecule has 1 fully saturated rings. The van der Waals surface area contributed by atoms with Crippen LogP contribution < -0.4 is 15.4 Å². The van der Waals surface area contributed by atoms with E-state index in [2.05, 4.69) is 27.8 Å². The molecule has 6 nitrogen and oxygen atoms in total. The van der Waals surface area contributed by atoms with Crippen LogP contribution in [0, 0.1) is 0 Å². The van der Waals surface area contributed by atoms with Crippen molar-refractivity contribution in [3.8, 4) is 5.75 Å². The molecule has 1 atom stereocenters. The first-order valence-corrected chi connectivity index (χ1v) is 8.98. The molecule has 1 aromatic rings. The van der Waals surface area contributed by atoms with E-state index in [0.717, 1.165) is 30.6 Å². The maximum Gasteiger partial charge on any atom is 0.241 e. The standard InChI is InChI=1S/C19H28N4O2.HI/c1-20-18(21-13-17(24)23(2)3)22-15-12-19(10-6-7-11-19)25-16-9-5-4-8-14(15)16;/h4-5,8-9,15H,6-7,10-13H2,1-3H3,(H2,20,21,22);1H. The number of carbonyl (C=O) groups is 1. The van der Waals surface area contributed by atoms with Crippen LogP contribution in [0.1, 0.15) is 43.7 Å². The largest absolute Gasteiger partial charge is 0.487 e. The van der Waals surface area contributed by atoms with E-state index in [9.17, 15) is 4.79 Å². The monoisotopic (exact) mass is 472 g/mol. The van der Waals surface area contributed by atoms with E-state index in [1.165, 1.54) is 12.8 Å². The molecule has 1 aromatic carbocycles. The van der Waals surface area contributed by atoms with Gasteiger partial charge in [-0.25, -0.2) is 0 Å². The van der Waals surface area contributed by atoms with Crippen molar-refractivity contribution in [3.63, 3.8) is 0 Å². The van der Waals surface area contributed by atoms with Gasteiger partial charge in [0.15, 0.2) is 5.96 Å². The molecule has 0 radical (unpaired) electrons. The van der Waals surface area contributed by atoms with E-state index in [1.807, 2.05) is 12.1 Å². The van der Waals surface area contributed by atoms with Crippen molar-refractivity contribution in [2.45, 2.75) is 43.7 Å². The van der Waals surface area contributed by atoms with E-state index in [1.54, 1.807) is 26.0 Å². The van der Waals surface area contributed by atoms with E-state index >= 15 is 0 Å². The van der Waals surface area contributed by atoms with Crippen molar-refractivity contribution in [2.75, 3.05) is 27.7 Å². The summed E-state index contributed by atoms with van der Waals surface area (Å²) in [6, 6.07) is 8.34. The zero-order valence-corrected chi connectivity index (χ0v) is 18.1. The van der Waals surface area contributed by atoms with Gasteiger partial charge in [0.2, 0.25) is 5.91 Å². The Bertz CT molecular complexity index is 657. The van der Waals surface area contributed by atoms with Crippen LogP contribution in [0.15, 0.2) is 29.3 Å². The Labute approximate surface area is 172 Å². The Balaban J connectivity index is 0.00000243. The highest BCUT2D eigenvalue weighted by Gasteiger charge is 2.43. The quantitative estimate of drug-likeness (QED) is 0.404. The van der Waals surface area contributed by atoms with Crippen LogP contribution in [-0.4, -0.2) is 50.1 Å². The lowest BCUT2D eigenvalue weighted by atomic mass is 9.86. The molecule has 1 spiro atoms. The Morgan fingerprint density at radius 1 is 1.31 bits per heavy atom. The first-order valence-electron chi connectivity index (χ1n) is 8.98. The fourth-order valence-corrected chi connectivity index (χ4v) is 3.75. The number of guanidine groups is 1. The van der Waals surface area contributed by atoms with Gasteiger partial charge in [0.1, 0.15) is 11.4 Å². The van der Waals surface area contributed by atoms with Crippen LogP contribution in [0.2, 0.25) is 0 Å². The Morgan fingerprint density at radius 3 is 2.65 bits per heavy atom. The molecule has 144 valence electrons. The summed E-state index contributed by atoms with van der Waals surface area (Å²) in [5, 5.41) is 6.61. The minimum Gasteiger partial charge on any atom is -0.487 e. The van der Waals surface area contributed by atoms with E-state index in [0.29, 0.717) is 5.96 Å². The van der Waals surface area contributed by atoms with Gasteiger partial charge in [-0.05, 0) is 31.7 Å². The Morgan fingerprint density at radius 2 is 2.00 bits per heavy atom. The van der Waals surface area contributed by atoms with Crippen LogP contribution in [0.5, 0.6) is 5.75 Å². The van der Waals surface area contributed by atoms with Crippen molar-refractivity contribution in [2.24, 2.45) is 4.99 Å². The summed E-state index contributed by atoms with van der Waals surface area (Å²) in [5.41, 5.74) is 1.09. The number of likely N-dealkylation sites (N-methyl/N-ethyl adjacent to an activating group) is 1. The lowest BCUT2D eigenvalue weighted by molar-refractivity contribution is -0.127. The zero-order chi connectivity index (χ0) is 17.9. The molecule has 2 N–H and O–H groups in total. The zero-order valence-electron chi connectivity index (χ0n) is 15.7. The van der Waals surface area contributed by atoms with Gasteiger partial charge in [0.25, 0.3) is 0 Å². The van der Waals surface area contributed by atoms with Crippen molar-refractivity contribution >= 4 is 35.8 Å². The molecule has 7 heteroatoms. The van der Waals surface area contributed by atoms with Gasteiger partial charge in [-0.3, -0.25) is 9.79 Å². The molecule has 0 saturated heterocycles. The fraction of sp³-hybridized carbons (Fsp3) is 0.579. The molecule has 26 heavy (non-hydrogen) atoms. The highest BCUT2D eigenvalue weighted by atomic mass is 127. The summed E-state index contributed by atoms with van der Waals surface area (Å²) in [4.78, 5) is 17.7. The lowest BCUT2D eigenvalue weighted by Crippen LogP contribution is -2.48. The number of para-hydroxylation sites is 1. The second-order valence-corrected chi connectivity index (χ2v) is 7.14. The summed E-state index contributed by atoms with van der Waals surface area (Å²) in [6.45, 7) is 0.225. The second-order valence-electron chi connectivity index (χ2n) is 7.14. The van der Waals surface area contributed by atoms with Crippen molar-refractivity contribution < 1.29 is 9.53 Å². The molecule has 1 aliphatic carbocycles. The summed E-state index contributed by atoms with van der Waals surface area (Å²) >= 11 is 0. The van der Waals surface area contributed by atoms with Crippen LogP contribution in [0.3, 0.4) is 0 Å². The lowest BCUT2D eigenvalue weighted by Gasteiger charge is -2.40. The molecule has 1 saturated carbocycles. The average molecular weight is 472 g/mol. The SMILES string of the molecule is CN=C(NCC(=O)N(C)C)NC1CC2(CCCC2)Oc2ccccc21.I. The number of benzene rings is 1. The second kappa shape index (κ2) is 8.92. The van der Waals surface area contributed by atoms with E-state index < -0.39 is 0 Å². The number of hydrogen-bond donors (Lipinski definition) is 2. The molecular formula is C19H29IN4O2. The number of nitrogens with one attached hydrogen (secondary N) is 2. The number of nitrogens with zero attached hydrogens (tertiary/aromatic N) is 2. The predicted molar refractivity (Wildman–Crippen MR) is 114 cm³/mol. The molecule has 1 aliphatic heterocycles. The first-order chi connectivity index (χ1) is 12.0. The number of carbonyl (C=O) groups excluding carboxylic acids is 1. The first kappa shape index (κ1) is 20.8. The summed E-state index contributed by atoms with van der Waals surface area (Å²) in [7, 11) is 5.23. The van der Waals surface area contributed by atoms with Crippen LogP contribution in [0.25, 0.3) is 0 Å². The minimum atomic E-state index is -0.0652. The number of rotatable bonds is 3. The topological polar surface area (TPSA) is 66.0 Å². The molecule has 1 heterocycles. The minimum absolute atomic E-state index is 0. The summed E-state index contributed by atoms with van der Waals surface area (Å²) in [6.07, 6.45) is 5.57. The molecule has 2 aliphatic rings. The molecule has 1 unspecified atom stereocenters. The Kier molecular flexibility index (Phi) is 7.14. The maximum absolute atomic E-state index is 11.8. The highest BCUT2D eigenvalue weighted by molar-refractivity contribution is 14.0. The maximum atomic E-state index is 11.8. The average Bonchev–Trinajstić information content (AvgIpc) is 3.05. The fourth-order valence-electron chi connectivity index (χ4n) is 3.75. The molecule has 3 rings (SSSR count). The van der Waals surface area contributed by atoms with Crippen molar-refractivity contribution in [1.82, 2.24) is 15.5 Å². The molecule has 1 amide bonds. The Hall–Kier alpha value is -1.51. The highest BCUT2D eigenvalue weighted by Crippen LogP contribution is 2.46. The van der Waals surface area contributed by atoms with Gasteiger partial charge in [0, 0.05) is 33.1 Å². The molecular weight excluding hydrogens is 443 g/mol. The van der Waals surface area contributed by atoms with Crippen molar-refractivity contribution in [3.05, 3.63) is 29.8 Å². The number of aliphatic imine (C=N–C) groups is 1. The number of ether oxygens (including phenoxy) is 1. The van der Waals surface area contributed by atoms with Crippen LogP contribution in [-0.2, 0) is 4.79 Å². The van der Waals surface area contributed by atoms with Crippen LogP contribution >= 0.6 is 24.0 Å². The smallest absolute Gasteiger partial charge is 0.241 e. The number of fused-ring (bicyclic) bond motifs is 1. The van der Waals surface area contributed by atoms with Crippen LogP contribution in [0.4, 0.5) is 0 Å². The van der Waals surface area contributed by atoms with Gasteiger partial charge in [0.05, 0.1) is 12.6 Å². The van der Waals surface area contributed by atoms with Gasteiger partial charge >= 0.3 is 0 Å². The third-order valence-electron chi connectivity index (χ3n) is 5.15. The number of amides is 1. The van der Waals surface area contributed by atoms with Gasteiger partial charge in [-0.1, -0.05) is 18.2 Å². The van der Waals surface area contributed by atoms with Gasteiger partial charge < -0.3 is 20.3 Å². The van der Waals surface area contributed by atoms with Gasteiger partial charge in [-0.15, -0.1) is 24.0 Å². The van der Waals surface area contributed by atoms with E-state index in [-0.39, 0.29) is 48.1 Å². The third kappa shape index (κ3) is 4.61. The van der Waals surface area contributed by atoms with Gasteiger partial charge in [-0.2, -0.15) is 0 Å². The number of hydrogen-bond acceptors (Lipinski definition) is 3. The predicted octanol–water partition coefficient (Wildman–Crippen LogP) is 2.69. The van der Waals surface area contributed by atoms with E-state index in [4.69, 9.17) is 4.74 Å². The number of halogens is 1. The summed E-state index contributed by atoms with van der Waals surface area (Å²) < 4.78 is 6.39.